The molecule has 0 spiro atoms. The molecule has 0 saturated heterocycles. The van der Waals surface area contributed by atoms with Crippen LogP contribution in [0.2, 0.25) is 0 Å². The minimum absolute atomic E-state index is 0.117. The van der Waals surface area contributed by atoms with E-state index in [1.165, 1.54) is 6.07 Å². The van der Waals surface area contributed by atoms with Gasteiger partial charge < -0.3 is 0 Å². The molecule has 1 heterocycles. The molecule has 0 atom stereocenters. The van der Waals surface area contributed by atoms with E-state index in [2.05, 4.69) is 4.98 Å². The fourth-order valence-corrected chi connectivity index (χ4v) is 1.31. The summed E-state index contributed by atoms with van der Waals surface area (Å²) in [5, 5.41) is 0. The zero-order valence-electron chi connectivity index (χ0n) is 7.85. The monoisotopic (exact) mass is 185 g/mol. The van der Waals surface area contributed by atoms with Crippen LogP contribution < -0.4 is 0 Å². The first-order valence-corrected chi connectivity index (χ1v) is 4.44. The van der Waals surface area contributed by atoms with Gasteiger partial charge in [0.05, 0.1) is 0 Å². The molecule has 72 valence electrons. The first kappa shape index (κ1) is 10.1. The average molecular weight is 185 g/mol. The van der Waals surface area contributed by atoms with Crippen molar-refractivity contribution in [2.45, 2.75) is 33.1 Å². The van der Waals surface area contributed by atoms with E-state index >= 15 is 0 Å². The van der Waals surface area contributed by atoms with Crippen molar-refractivity contribution in [1.82, 2.24) is 4.98 Å². The average Bonchev–Trinajstić information content (AvgIpc) is 2.16. The van der Waals surface area contributed by atoms with E-state index in [-0.39, 0.29) is 5.69 Å². The Morgan fingerprint density at radius 3 is 2.31 bits per heavy atom. The van der Waals surface area contributed by atoms with E-state index in [1.807, 2.05) is 13.8 Å². The molecule has 1 nitrogen and oxygen atoms in total. The summed E-state index contributed by atoms with van der Waals surface area (Å²) in [4.78, 5) is 3.71. The summed E-state index contributed by atoms with van der Waals surface area (Å²) in [5.41, 5.74) is 1.92. The SMILES string of the molecule is CCc1cnc(C(F)F)cc1CC. The van der Waals surface area contributed by atoms with Crippen molar-refractivity contribution >= 4 is 0 Å². The summed E-state index contributed by atoms with van der Waals surface area (Å²) >= 11 is 0. The number of hydrogen-bond acceptors (Lipinski definition) is 1. The summed E-state index contributed by atoms with van der Waals surface area (Å²) in [6, 6.07) is 1.50. The number of pyridine rings is 1. The fourth-order valence-electron chi connectivity index (χ4n) is 1.31. The second-order valence-electron chi connectivity index (χ2n) is 2.89. The van der Waals surface area contributed by atoms with Gasteiger partial charge in [0, 0.05) is 6.20 Å². The van der Waals surface area contributed by atoms with Gasteiger partial charge in [0.15, 0.2) is 0 Å². The van der Waals surface area contributed by atoms with Crippen LogP contribution in [0.25, 0.3) is 0 Å². The maximum atomic E-state index is 12.3. The van der Waals surface area contributed by atoms with Crippen LogP contribution >= 0.6 is 0 Å². The third kappa shape index (κ3) is 2.23. The van der Waals surface area contributed by atoms with Gasteiger partial charge in [-0.1, -0.05) is 13.8 Å². The van der Waals surface area contributed by atoms with E-state index in [4.69, 9.17) is 0 Å². The number of alkyl halides is 2. The number of hydrogen-bond donors (Lipinski definition) is 0. The number of halogens is 2. The van der Waals surface area contributed by atoms with Crippen LogP contribution in [0.1, 0.15) is 37.1 Å². The van der Waals surface area contributed by atoms with Crippen molar-refractivity contribution in [3.63, 3.8) is 0 Å². The second-order valence-corrected chi connectivity index (χ2v) is 2.89. The highest BCUT2D eigenvalue weighted by Gasteiger charge is 2.10. The summed E-state index contributed by atoms with van der Waals surface area (Å²) in [7, 11) is 0. The van der Waals surface area contributed by atoms with Crippen molar-refractivity contribution < 1.29 is 8.78 Å². The Morgan fingerprint density at radius 1 is 1.23 bits per heavy atom. The molecule has 13 heavy (non-hydrogen) atoms. The van der Waals surface area contributed by atoms with Crippen molar-refractivity contribution in [2.24, 2.45) is 0 Å². The van der Waals surface area contributed by atoms with Gasteiger partial charge in [-0.05, 0) is 30.0 Å². The van der Waals surface area contributed by atoms with Crippen molar-refractivity contribution in [1.29, 1.82) is 0 Å². The zero-order chi connectivity index (χ0) is 9.84. The molecule has 0 aliphatic carbocycles. The molecular formula is C10H13F2N. The number of nitrogens with zero attached hydrogens (tertiary/aromatic N) is 1. The smallest absolute Gasteiger partial charge is 0.255 e. The van der Waals surface area contributed by atoms with Gasteiger partial charge in [-0.15, -0.1) is 0 Å². The van der Waals surface area contributed by atoms with Crippen molar-refractivity contribution in [3.8, 4) is 0 Å². The molecule has 0 N–H and O–H groups in total. The van der Waals surface area contributed by atoms with Crippen LogP contribution in [0.15, 0.2) is 12.3 Å². The Kier molecular flexibility index (Phi) is 3.34. The molecular weight excluding hydrogens is 172 g/mol. The molecule has 0 saturated carbocycles. The lowest BCUT2D eigenvalue weighted by atomic mass is 10.0. The molecule has 1 aromatic heterocycles. The molecule has 0 aliphatic rings. The van der Waals surface area contributed by atoms with E-state index in [1.54, 1.807) is 6.20 Å². The number of rotatable bonds is 3. The van der Waals surface area contributed by atoms with Crippen molar-refractivity contribution in [3.05, 3.63) is 29.1 Å². The maximum absolute atomic E-state index is 12.3. The third-order valence-electron chi connectivity index (χ3n) is 2.09. The molecule has 0 aromatic carbocycles. The third-order valence-corrected chi connectivity index (χ3v) is 2.09. The minimum atomic E-state index is -2.46. The summed E-state index contributed by atoms with van der Waals surface area (Å²) in [6.07, 6.45) is 0.724. The molecule has 3 heteroatoms. The first-order chi connectivity index (χ1) is 6.19. The zero-order valence-corrected chi connectivity index (χ0v) is 7.85. The van der Waals surface area contributed by atoms with Gasteiger partial charge in [-0.25, -0.2) is 8.78 Å². The van der Waals surface area contributed by atoms with Crippen LogP contribution in [-0.4, -0.2) is 4.98 Å². The molecule has 0 aliphatic heterocycles. The lowest BCUT2D eigenvalue weighted by Crippen LogP contribution is -1.97. The van der Waals surface area contributed by atoms with Gasteiger partial charge in [0.2, 0.25) is 0 Å². The molecule has 0 bridgehead atoms. The van der Waals surface area contributed by atoms with Gasteiger partial charge in [0.1, 0.15) is 5.69 Å². The Balaban J connectivity index is 3.05. The number of aryl methyl sites for hydroxylation is 2. The van der Waals surface area contributed by atoms with E-state index < -0.39 is 6.43 Å². The topological polar surface area (TPSA) is 12.9 Å². The minimum Gasteiger partial charge on any atom is -0.255 e. The maximum Gasteiger partial charge on any atom is 0.280 e. The van der Waals surface area contributed by atoms with E-state index in [9.17, 15) is 8.78 Å². The largest absolute Gasteiger partial charge is 0.280 e. The number of aromatic nitrogens is 1. The quantitative estimate of drug-likeness (QED) is 0.705. The van der Waals surface area contributed by atoms with Crippen molar-refractivity contribution in [2.75, 3.05) is 0 Å². The lowest BCUT2D eigenvalue weighted by Gasteiger charge is -2.06. The summed E-state index contributed by atoms with van der Waals surface area (Å²) < 4.78 is 24.5. The van der Waals surface area contributed by atoms with Gasteiger partial charge in [-0.2, -0.15) is 0 Å². The highest BCUT2D eigenvalue weighted by Crippen LogP contribution is 2.19. The van der Waals surface area contributed by atoms with Gasteiger partial charge >= 0.3 is 0 Å². The van der Waals surface area contributed by atoms with Crippen LogP contribution in [0, 0.1) is 0 Å². The van der Waals surface area contributed by atoms with Crippen LogP contribution in [0.4, 0.5) is 8.78 Å². The Morgan fingerprint density at radius 2 is 1.85 bits per heavy atom. The normalized spacial score (nSPS) is 10.8. The van der Waals surface area contributed by atoms with Crippen LogP contribution in [-0.2, 0) is 12.8 Å². The molecule has 0 amide bonds. The summed E-state index contributed by atoms with van der Waals surface area (Å²) in [5.74, 6) is 0. The molecule has 1 aromatic rings. The molecule has 1 rings (SSSR count). The molecule has 0 fully saturated rings. The fraction of sp³-hybridized carbons (Fsp3) is 0.500. The predicted molar refractivity (Wildman–Crippen MR) is 48.0 cm³/mol. The van der Waals surface area contributed by atoms with E-state index in [0.29, 0.717) is 0 Å². The Hall–Kier alpha value is -0.990. The predicted octanol–water partition coefficient (Wildman–Crippen LogP) is 3.14. The second kappa shape index (κ2) is 4.30. The highest BCUT2D eigenvalue weighted by molar-refractivity contribution is 5.27. The van der Waals surface area contributed by atoms with Crippen LogP contribution in [0.3, 0.4) is 0 Å². The first-order valence-electron chi connectivity index (χ1n) is 4.44. The van der Waals surface area contributed by atoms with Gasteiger partial charge in [0.25, 0.3) is 6.43 Å². The lowest BCUT2D eigenvalue weighted by molar-refractivity contribution is 0.146. The summed E-state index contributed by atoms with van der Waals surface area (Å²) in [6.45, 7) is 3.96. The van der Waals surface area contributed by atoms with E-state index in [0.717, 1.165) is 24.0 Å². The highest BCUT2D eigenvalue weighted by atomic mass is 19.3. The Labute approximate surface area is 76.8 Å². The molecule has 0 unspecified atom stereocenters. The molecule has 0 radical (unpaired) electrons. The van der Waals surface area contributed by atoms with Gasteiger partial charge in [-0.3, -0.25) is 4.98 Å². The van der Waals surface area contributed by atoms with Crippen LogP contribution in [0.5, 0.6) is 0 Å². The Bertz CT molecular complexity index is 284. The standard InChI is InChI=1S/C10H13F2N/c1-3-7-5-9(10(11)12)13-6-8(7)4-2/h5-6,10H,3-4H2,1-2H3.